The molecule has 12 heteroatoms. The van der Waals surface area contributed by atoms with E-state index in [9.17, 15) is 22.8 Å². The smallest absolute Gasteiger partial charge is 0.281 e. The van der Waals surface area contributed by atoms with Crippen LogP contribution in [0.5, 0.6) is 0 Å². The number of aliphatic imine (C=N–C) groups is 1. The van der Waals surface area contributed by atoms with Gasteiger partial charge in [0.15, 0.2) is 5.96 Å². The molecule has 3 heterocycles. The molecule has 2 aromatic rings. The van der Waals surface area contributed by atoms with Gasteiger partial charge in [-0.15, -0.1) is 0 Å². The van der Waals surface area contributed by atoms with Crippen molar-refractivity contribution in [2.24, 2.45) is 16.6 Å². The van der Waals surface area contributed by atoms with E-state index in [4.69, 9.17) is 10.5 Å². The molecule has 1 saturated heterocycles. The van der Waals surface area contributed by atoms with Crippen LogP contribution in [0, 0.1) is 11.7 Å². The zero-order valence-corrected chi connectivity index (χ0v) is 16.2. The van der Waals surface area contributed by atoms with Crippen LogP contribution >= 0.6 is 0 Å². The number of nitrogens with one attached hydrogen (secondary N) is 1. The van der Waals surface area contributed by atoms with E-state index in [-0.39, 0.29) is 42.0 Å². The number of rotatable bonds is 4. The fourth-order valence-corrected chi connectivity index (χ4v) is 3.61. The van der Waals surface area contributed by atoms with Crippen LogP contribution in [-0.2, 0) is 15.1 Å². The van der Waals surface area contributed by atoms with Gasteiger partial charge in [-0.3, -0.25) is 19.5 Å². The zero-order chi connectivity index (χ0) is 22.3. The van der Waals surface area contributed by atoms with Crippen molar-refractivity contribution in [2.75, 3.05) is 25.6 Å². The predicted octanol–water partition coefficient (Wildman–Crippen LogP) is 1.43. The Hall–Kier alpha value is -3.54. The van der Waals surface area contributed by atoms with Crippen molar-refractivity contribution in [3.63, 3.8) is 0 Å². The summed E-state index contributed by atoms with van der Waals surface area (Å²) >= 11 is 0. The van der Waals surface area contributed by atoms with Gasteiger partial charge in [-0.05, 0) is 18.2 Å². The van der Waals surface area contributed by atoms with E-state index in [1.54, 1.807) is 0 Å². The van der Waals surface area contributed by atoms with E-state index >= 15 is 0 Å². The number of carbonyl (C=O) groups is 2. The molecule has 1 aromatic carbocycles. The molecule has 0 unspecified atom stereocenters. The van der Waals surface area contributed by atoms with E-state index in [2.05, 4.69) is 20.3 Å². The van der Waals surface area contributed by atoms with E-state index in [0.29, 0.717) is 0 Å². The number of anilines is 1. The van der Waals surface area contributed by atoms with E-state index in [1.165, 1.54) is 24.1 Å². The summed E-state index contributed by atoms with van der Waals surface area (Å²) in [6.07, 6.45) is -1.09. The summed E-state index contributed by atoms with van der Waals surface area (Å²) in [5.41, 5.74) is 3.96. The Kier molecular flexibility index (Phi) is 5.09. The number of hydrogen-bond donors (Lipinski definition) is 2. The number of nitrogens with two attached hydrogens (primary N) is 1. The molecule has 2 aliphatic rings. The molecule has 1 fully saturated rings. The summed E-state index contributed by atoms with van der Waals surface area (Å²) in [5.74, 6) is -2.59. The van der Waals surface area contributed by atoms with Gasteiger partial charge in [-0.2, -0.15) is 0 Å². The summed E-state index contributed by atoms with van der Waals surface area (Å²) < 4.78 is 45.5. The fourth-order valence-electron chi connectivity index (χ4n) is 3.61. The average molecular weight is 434 g/mol. The molecule has 31 heavy (non-hydrogen) atoms. The Morgan fingerprint density at radius 3 is 2.81 bits per heavy atom. The standard InChI is InChI=1S/C19H17F3N6O3/c1-28-17(30)11-7-31-8-19(11,27-18(28)23)10-4-9(2-3-12(10)20)26-16(29)14-6-24-13(5-25-14)15(21)22/h2-6,11,15H,7-8H2,1H3,(H2,23,27)(H,26,29)/t11-,19+/m0/s1. The van der Waals surface area contributed by atoms with Gasteiger partial charge < -0.3 is 15.8 Å². The molecule has 162 valence electrons. The van der Waals surface area contributed by atoms with Gasteiger partial charge in [0.05, 0.1) is 31.5 Å². The lowest BCUT2D eigenvalue weighted by Crippen LogP contribution is -2.54. The maximum absolute atomic E-state index is 14.8. The van der Waals surface area contributed by atoms with Crippen LogP contribution in [0.25, 0.3) is 0 Å². The lowest BCUT2D eigenvalue weighted by Gasteiger charge is -2.37. The van der Waals surface area contributed by atoms with E-state index < -0.39 is 35.3 Å². The third-order valence-corrected chi connectivity index (χ3v) is 5.29. The first-order chi connectivity index (χ1) is 14.7. The highest BCUT2D eigenvalue weighted by Crippen LogP contribution is 2.44. The molecule has 0 bridgehead atoms. The molecule has 0 aliphatic carbocycles. The normalized spacial score (nSPS) is 23.0. The molecule has 0 radical (unpaired) electrons. The highest BCUT2D eigenvalue weighted by Gasteiger charge is 2.54. The second kappa shape index (κ2) is 7.61. The first kappa shape index (κ1) is 20.7. The maximum Gasteiger partial charge on any atom is 0.281 e. The maximum atomic E-state index is 14.8. The zero-order valence-electron chi connectivity index (χ0n) is 16.2. The molecule has 2 atom stereocenters. The molecule has 1 aromatic heterocycles. The molecule has 2 amide bonds. The minimum Gasteiger partial charge on any atom is -0.378 e. The SMILES string of the molecule is CN1C(=O)[C@@H]2COC[C@]2(c2cc(NC(=O)c3cnc(C(F)F)cn3)ccc2F)N=C1N. The number of benzene rings is 1. The highest BCUT2D eigenvalue weighted by molar-refractivity contribution is 6.03. The van der Waals surface area contributed by atoms with Gasteiger partial charge in [-0.1, -0.05) is 0 Å². The average Bonchev–Trinajstić information content (AvgIpc) is 3.18. The van der Waals surface area contributed by atoms with Crippen molar-refractivity contribution in [3.8, 4) is 0 Å². The van der Waals surface area contributed by atoms with Crippen molar-refractivity contribution >= 4 is 23.5 Å². The molecule has 2 aliphatic heterocycles. The largest absolute Gasteiger partial charge is 0.378 e. The Labute approximate surface area is 174 Å². The van der Waals surface area contributed by atoms with Crippen molar-refractivity contribution in [1.29, 1.82) is 0 Å². The van der Waals surface area contributed by atoms with Crippen molar-refractivity contribution in [1.82, 2.24) is 14.9 Å². The summed E-state index contributed by atoms with van der Waals surface area (Å²) in [6, 6.07) is 3.77. The topological polar surface area (TPSA) is 123 Å². The predicted molar refractivity (Wildman–Crippen MR) is 102 cm³/mol. The van der Waals surface area contributed by atoms with Gasteiger partial charge in [0.1, 0.15) is 22.7 Å². The fraction of sp³-hybridized carbons (Fsp3) is 0.316. The third-order valence-electron chi connectivity index (χ3n) is 5.29. The van der Waals surface area contributed by atoms with E-state index in [1.807, 2.05) is 0 Å². The second-order valence-electron chi connectivity index (χ2n) is 7.14. The molecule has 0 spiro atoms. The van der Waals surface area contributed by atoms with Crippen LogP contribution in [0.15, 0.2) is 35.6 Å². The van der Waals surface area contributed by atoms with Crippen molar-refractivity contribution in [3.05, 3.63) is 53.4 Å². The van der Waals surface area contributed by atoms with Crippen LogP contribution in [0.3, 0.4) is 0 Å². The lowest BCUT2D eigenvalue weighted by molar-refractivity contribution is -0.133. The summed E-state index contributed by atoms with van der Waals surface area (Å²) in [7, 11) is 1.47. The van der Waals surface area contributed by atoms with Crippen LogP contribution < -0.4 is 11.1 Å². The molecule has 4 rings (SSSR count). The number of hydrogen-bond acceptors (Lipinski definition) is 7. The van der Waals surface area contributed by atoms with Crippen LogP contribution in [-0.4, -0.2) is 52.9 Å². The summed E-state index contributed by atoms with van der Waals surface area (Å²) in [4.78, 5) is 37.8. The monoisotopic (exact) mass is 434 g/mol. The Balaban J connectivity index is 1.66. The number of aromatic nitrogens is 2. The summed E-state index contributed by atoms with van der Waals surface area (Å²) in [5, 5.41) is 2.51. The first-order valence-electron chi connectivity index (χ1n) is 9.15. The number of fused-ring (bicyclic) bond motifs is 1. The molecule has 0 saturated carbocycles. The number of ether oxygens (including phenoxy) is 1. The number of alkyl halides is 2. The number of carbonyl (C=O) groups excluding carboxylic acids is 2. The van der Waals surface area contributed by atoms with Crippen LogP contribution in [0.4, 0.5) is 18.9 Å². The summed E-state index contributed by atoms with van der Waals surface area (Å²) in [6.45, 7) is -0.0190. The minimum atomic E-state index is -2.81. The number of halogens is 3. The molecule has 9 nitrogen and oxygen atoms in total. The lowest BCUT2D eigenvalue weighted by atomic mass is 9.78. The number of amides is 2. The Morgan fingerprint density at radius 1 is 1.35 bits per heavy atom. The van der Waals surface area contributed by atoms with Gasteiger partial charge in [-0.25, -0.2) is 23.1 Å². The third kappa shape index (κ3) is 3.48. The Morgan fingerprint density at radius 2 is 2.13 bits per heavy atom. The second-order valence-corrected chi connectivity index (χ2v) is 7.14. The number of nitrogens with zero attached hydrogens (tertiary/aromatic N) is 4. The quantitative estimate of drug-likeness (QED) is 0.751. The van der Waals surface area contributed by atoms with Gasteiger partial charge in [0, 0.05) is 18.3 Å². The molecule has 3 N–H and O–H groups in total. The highest BCUT2D eigenvalue weighted by atomic mass is 19.3. The van der Waals surface area contributed by atoms with Crippen molar-refractivity contribution < 1.29 is 27.5 Å². The first-order valence-corrected chi connectivity index (χ1v) is 9.15. The van der Waals surface area contributed by atoms with Crippen LogP contribution in [0.1, 0.15) is 28.2 Å². The Bertz CT molecular complexity index is 1080. The van der Waals surface area contributed by atoms with Gasteiger partial charge in [0.2, 0.25) is 5.91 Å². The van der Waals surface area contributed by atoms with Gasteiger partial charge in [0.25, 0.3) is 12.3 Å². The molecular formula is C19H17F3N6O3. The van der Waals surface area contributed by atoms with Crippen molar-refractivity contribution in [2.45, 2.75) is 12.0 Å². The number of guanidine groups is 1. The minimum absolute atomic E-state index is 0.0383. The van der Waals surface area contributed by atoms with Crippen LogP contribution in [0.2, 0.25) is 0 Å². The molecular weight excluding hydrogens is 417 g/mol. The van der Waals surface area contributed by atoms with E-state index in [0.717, 1.165) is 18.5 Å². The van der Waals surface area contributed by atoms with Gasteiger partial charge >= 0.3 is 0 Å².